The number of nitrogens with zero attached hydrogens (tertiary/aromatic N) is 3. The van der Waals surface area contributed by atoms with E-state index < -0.39 is 0 Å². The van der Waals surface area contributed by atoms with E-state index in [9.17, 15) is 9.90 Å². The van der Waals surface area contributed by atoms with Crippen LogP contribution in [0.2, 0.25) is 0 Å². The minimum atomic E-state index is -0.0129. The molecule has 0 spiro atoms. The fourth-order valence-corrected chi connectivity index (χ4v) is 3.56. The van der Waals surface area contributed by atoms with Crippen LogP contribution in [-0.2, 0) is 4.79 Å². The van der Waals surface area contributed by atoms with Gasteiger partial charge in [-0.05, 0) is 48.2 Å². The van der Waals surface area contributed by atoms with Crippen LogP contribution in [0.3, 0.4) is 0 Å². The predicted molar refractivity (Wildman–Crippen MR) is 102 cm³/mol. The zero-order valence-corrected chi connectivity index (χ0v) is 14.5. The lowest BCUT2D eigenvalue weighted by atomic mass is 10.0. The van der Waals surface area contributed by atoms with Gasteiger partial charge >= 0.3 is 0 Å². The molecule has 1 aliphatic heterocycles. The Bertz CT molecular complexity index is 959. The first-order valence-corrected chi connectivity index (χ1v) is 8.84. The Labute approximate surface area is 152 Å². The highest BCUT2D eigenvalue weighted by Crippen LogP contribution is 2.28. The lowest BCUT2D eigenvalue weighted by Gasteiger charge is -2.32. The Morgan fingerprint density at radius 3 is 2.73 bits per heavy atom. The fourth-order valence-electron chi connectivity index (χ4n) is 3.56. The molecule has 0 radical (unpaired) electrons. The summed E-state index contributed by atoms with van der Waals surface area (Å²) in [5.74, 6) is 0.246. The number of carbonyl (C=O) groups excluding carboxylic acids is 1. The van der Waals surface area contributed by atoms with Gasteiger partial charge in [-0.1, -0.05) is 30.8 Å². The summed E-state index contributed by atoms with van der Waals surface area (Å²) in [5.41, 5.74) is 3.04. The normalized spacial score (nSPS) is 17.4. The highest BCUT2D eigenvalue weighted by Gasteiger charge is 2.24. The van der Waals surface area contributed by atoms with Crippen molar-refractivity contribution in [2.45, 2.75) is 18.9 Å². The number of hydrogen-bond donors (Lipinski definition) is 1. The summed E-state index contributed by atoms with van der Waals surface area (Å²) in [6, 6.07) is 13.5. The highest BCUT2D eigenvalue weighted by molar-refractivity contribution is 5.87. The topological polar surface area (TPSA) is 58.4 Å². The second-order valence-corrected chi connectivity index (χ2v) is 6.71. The number of aromatic hydroxyl groups is 1. The molecule has 1 saturated heterocycles. The van der Waals surface area contributed by atoms with E-state index in [-0.39, 0.29) is 17.7 Å². The van der Waals surface area contributed by atoms with Gasteiger partial charge in [0.05, 0.1) is 11.6 Å². The van der Waals surface area contributed by atoms with Crippen molar-refractivity contribution < 1.29 is 9.90 Å². The molecule has 1 atom stereocenters. The van der Waals surface area contributed by atoms with Crippen LogP contribution >= 0.6 is 0 Å². The smallest absolute Gasteiger partial charge is 0.246 e. The van der Waals surface area contributed by atoms with Crippen molar-refractivity contribution in [1.29, 1.82) is 0 Å². The molecule has 1 fully saturated rings. The van der Waals surface area contributed by atoms with Crippen LogP contribution in [0, 0.1) is 0 Å². The summed E-state index contributed by atoms with van der Waals surface area (Å²) in [6.07, 6.45) is 5.42. The quantitative estimate of drug-likeness (QED) is 0.734. The van der Waals surface area contributed by atoms with Crippen molar-refractivity contribution in [3.8, 4) is 16.9 Å². The van der Waals surface area contributed by atoms with E-state index in [1.54, 1.807) is 12.1 Å². The molecule has 2 aromatic carbocycles. The van der Waals surface area contributed by atoms with Crippen LogP contribution < -0.4 is 0 Å². The fraction of sp³-hybridized carbons (Fsp3) is 0.238. The number of aromatic nitrogens is 2. The van der Waals surface area contributed by atoms with Gasteiger partial charge in [-0.15, -0.1) is 0 Å². The molecule has 0 bridgehead atoms. The van der Waals surface area contributed by atoms with Crippen LogP contribution in [0.4, 0.5) is 0 Å². The zero-order chi connectivity index (χ0) is 18.1. The molecule has 5 heteroatoms. The molecule has 0 saturated carbocycles. The number of rotatable bonds is 3. The number of likely N-dealkylation sites (tertiary alicyclic amines) is 1. The van der Waals surface area contributed by atoms with Crippen molar-refractivity contribution in [1.82, 2.24) is 14.7 Å². The molecule has 132 valence electrons. The van der Waals surface area contributed by atoms with Gasteiger partial charge in [0.25, 0.3) is 0 Å². The first-order valence-electron chi connectivity index (χ1n) is 8.84. The molecular formula is C21H21N3O2. The van der Waals surface area contributed by atoms with Gasteiger partial charge in [-0.25, -0.2) is 0 Å². The number of fused-ring (bicyclic) bond motifs is 1. The molecular weight excluding hydrogens is 326 g/mol. The molecule has 0 aliphatic carbocycles. The van der Waals surface area contributed by atoms with Crippen LogP contribution in [0.25, 0.3) is 22.0 Å². The monoisotopic (exact) mass is 347 g/mol. The highest BCUT2D eigenvalue weighted by atomic mass is 16.3. The molecule has 1 N–H and O–H groups in total. The van der Waals surface area contributed by atoms with Crippen molar-refractivity contribution in [2.24, 2.45) is 0 Å². The Hall–Kier alpha value is -3.08. The average molecular weight is 347 g/mol. The largest absolute Gasteiger partial charge is 0.508 e. The molecule has 1 aliphatic rings. The summed E-state index contributed by atoms with van der Waals surface area (Å²) >= 11 is 0. The van der Waals surface area contributed by atoms with Crippen molar-refractivity contribution in [3.63, 3.8) is 0 Å². The Morgan fingerprint density at radius 2 is 1.96 bits per heavy atom. The van der Waals surface area contributed by atoms with Crippen LogP contribution in [-0.4, -0.2) is 38.8 Å². The molecule has 4 rings (SSSR count). The predicted octanol–water partition coefficient (Wildman–Crippen LogP) is 3.76. The van der Waals surface area contributed by atoms with E-state index in [2.05, 4.69) is 31.0 Å². The van der Waals surface area contributed by atoms with Gasteiger partial charge in [0.15, 0.2) is 0 Å². The maximum absolute atomic E-state index is 11.9. The SMILES string of the molecule is C=CC(=O)N1CCCC(n2cc3ccc(-c4ccc(O)cc4)cc3n2)C1. The maximum atomic E-state index is 11.9. The van der Waals surface area contributed by atoms with E-state index in [0.29, 0.717) is 6.54 Å². The number of benzene rings is 2. The van der Waals surface area contributed by atoms with Gasteiger partial charge in [-0.2, -0.15) is 5.10 Å². The molecule has 1 aromatic heterocycles. The molecule has 2 heterocycles. The van der Waals surface area contributed by atoms with Crippen molar-refractivity contribution in [2.75, 3.05) is 13.1 Å². The second kappa shape index (κ2) is 6.67. The summed E-state index contributed by atoms with van der Waals surface area (Å²) in [7, 11) is 0. The first-order chi connectivity index (χ1) is 12.6. The minimum Gasteiger partial charge on any atom is -0.508 e. The minimum absolute atomic E-state index is 0.0129. The van der Waals surface area contributed by atoms with Gasteiger partial charge in [0.1, 0.15) is 5.75 Å². The van der Waals surface area contributed by atoms with E-state index in [1.165, 1.54) is 6.08 Å². The van der Waals surface area contributed by atoms with Crippen molar-refractivity contribution >= 4 is 16.8 Å². The van der Waals surface area contributed by atoms with E-state index in [1.807, 2.05) is 21.7 Å². The first kappa shape index (κ1) is 16.4. The molecule has 26 heavy (non-hydrogen) atoms. The third-order valence-electron chi connectivity index (χ3n) is 4.98. The van der Waals surface area contributed by atoms with Crippen LogP contribution in [0.1, 0.15) is 18.9 Å². The lowest BCUT2D eigenvalue weighted by Crippen LogP contribution is -2.39. The number of phenolic OH excluding ortho intramolecular Hbond substituents is 1. The summed E-state index contributed by atoms with van der Waals surface area (Å²) in [5, 5.41) is 15.3. The van der Waals surface area contributed by atoms with E-state index in [4.69, 9.17) is 5.10 Å². The standard InChI is InChI=1S/C21H21N3O2/c1-2-21(26)23-11-3-4-18(14-23)24-13-17-6-5-16(12-20(17)22-24)15-7-9-19(25)10-8-15/h2,5-10,12-13,18,25H,1,3-4,11,14H2. The molecule has 5 nitrogen and oxygen atoms in total. The van der Waals surface area contributed by atoms with E-state index >= 15 is 0 Å². The number of hydrogen-bond acceptors (Lipinski definition) is 3. The Balaban J connectivity index is 1.62. The molecule has 1 unspecified atom stereocenters. The van der Waals surface area contributed by atoms with Gasteiger partial charge < -0.3 is 10.0 Å². The number of piperidine rings is 1. The van der Waals surface area contributed by atoms with Gasteiger partial charge in [0, 0.05) is 24.7 Å². The van der Waals surface area contributed by atoms with Crippen LogP contribution in [0.5, 0.6) is 5.75 Å². The zero-order valence-electron chi connectivity index (χ0n) is 14.5. The molecule has 3 aromatic rings. The second-order valence-electron chi connectivity index (χ2n) is 6.71. The van der Waals surface area contributed by atoms with E-state index in [0.717, 1.165) is 41.4 Å². The number of carbonyl (C=O) groups is 1. The molecule has 1 amide bonds. The number of phenols is 1. The third-order valence-corrected chi connectivity index (χ3v) is 4.98. The van der Waals surface area contributed by atoms with Crippen molar-refractivity contribution in [3.05, 3.63) is 61.3 Å². The summed E-state index contributed by atoms with van der Waals surface area (Å²) in [6.45, 7) is 5.04. The van der Waals surface area contributed by atoms with Gasteiger partial charge in [-0.3, -0.25) is 9.48 Å². The third kappa shape index (κ3) is 3.08. The lowest BCUT2D eigenvalue weighted by molar-refractivity contribution is -0.127. The summed E-state index contributed by atoms with van der Waals surface area (Å²) < 4.78 is 1.99. The number of amides is 1. The van der Waals surface area contributed by atoms with Gasteiger partial charge in [0.2, 0.25) is 5.91 Å². The summed E-state index contributed by atoms with van der Waals surface area (Å²) in [4.78, 5) is 13.7. The van der Waals surface area contributed by atoms with Crippen LogP contribution in [0.15, 0.2) is 61.3 Å². The average Bonchev–Trinajstić information content (AvgIpc) is 3.11. The Kier molecular flexibility index (Phi) is 4.21. The maximum Gasteiger partial charge on any atom is 0.246 e. The Morgan fingerprint density at radius 1 is 1.19 bits per heavy atom.